The van der Waals surface area contributed by atoms with E-state index in [1.165, 1.54) is 23.8 Å². The number of aryl methyl sites for hydroxylation is 1. The third kappa shape index (κ3) is 5.81. The van der Waals surface area contributed by atoms with Gasteiger partial charge in [-0.15, -0.1) is 0 Å². The van der Waals surface area contributed by atoms with Crippen molar-refractivity contribution in [3.8, 4) is 17.6 Å². The smallest absolute Gasteiger partial charge is 0.260 e. The molecule has 1 aromatic carbocycles. The number of hydrogen-bond acceptors (Lipinski definition) is 3. The molecule has 1 amide bonds. The number of ether oxygens (including phenoxy) is 1. The highest BCUT2D eigenvalue weighted by Gasteiger charge is 2.35. The number of carbonyl (C=O) groups is 1. The highest BCUT2D eigenvalue weighted by Crippen LogP contribution is 2.28. The Hall–Kier alpha value is -3.14. The molecule has 2 heterocycles. The summed E-state index contributed by atoms with van der Waals surface area (Å²) in [5, 5.41) is 0. The highest BCUT2D eigenvalue weighted by molar-refractivity contribution is 5.77. The van der Waals surface area contributed by atoms with Gasteiger partial charge in [0.1, 0.15) is 5.75 Å². The maximum atomic E-state index is 13.3. The van der Waals surface area contributed by atoms with E-state index in [2.05, 4.69) is 11.8 Å². The van der Waals surface area contributed by atoms with Crippen molar-refractivity contribution < 1.29 is 18.3 Å². The Morgan fingerprint density at radius 1 is 1.18 bits per heavy atom. The molecule has 1 aliphatic carbocycles. The van der Waals surface area contributed by atoms with Crippen LogP contribution in [0.4, 0.5) is 8.78 Å². The number of rotatable bonds is 5. The van der Waals surface area contributed by atoms with Gasteiger partial charge in [0.2, 0.25) is 0 Å². The van der Waals surface area contributed by atoms with Gasteiger partial charge in [0.05, 0.1) is 6.04 Å². The van der Waals surface area contributed by atoms with Gasteiger partial charge in [-0.2, -0.15) is 0 Å². The van der Waals surface area contributed by atoms with Crippen LogP contribution in [-0.2, 0) is 4.79 Å². The van der Waals surface area contributed by atoms with Crippen molar-refractivity contribution in [3.63, 3.8) is 0 Å². The summed E-state index contributed by atoms with van der Waals surface area (Å²) >= 11 is 0. The molecule has 7 heteroatoms. The first-order chi connectivity index (χ1) is 15.7. The van der Waals surface area contributed by atoms with Crippen molar-refractivity contribution in [1.82, 2.24) is 9.47 Å². The molecule has 1 aromatic heterocycles. The zero-order valence-electron chi connectivity index (χ0n) is 18.9. The van der Waals surface area contributed by atoms with Gasteiger partial charge in [-0.1, -0.05) is 24.0 Å². The Labute approximate surface area is 192 Å². The van der Waals surface area contributed by atoms with E-state index in [1.54, 1.807) is 10.6 Å². The molecule has 2 aliphatic rings. The number of carbonyl (C=O) groups excluding carboxylic acids is 1. The molecule has 0 spiro atoms. The van der Waals surface area contributed by atoms with E-state index in [9.17, 15) is 18.4 Å². The van der Waals surface area contributed by atoms with Crippen LogP contribution in [0.5, 0.6) is 5.75 Å². The van der Waals surface area contributed by atoms with E-state index >= 15 is 0 Å². The number of aromatic nitrogens is 1. The van der Waals surface area contributed by atoms with Crippen LogP contribution in [0, 0.1) is 24.7 Å². The van der Waals surface area contributed by atoms with E-state index in [-0.39, 0.29) is 50.0 Å². The lowest BCUT2D eigenvalue weighted by Gasteiger charge is -2.31. The van der Waals surface area contributed by atoms with Crippen LogP contribution >= 0.6 is 0 Å². The molecule has 4 rings (SSSR count). The fourth-order valence-corrected chi connectivity index (χ4v) is 3.99. The summed E-state index contributed by atoms with van der Waals surface area (Å²) in [7, 11) is 0. The second-order valence-electron chi connectivity index (χ2n) is 8.91. The first-order valence-electron chi connectivity index (χ1n) is 11.3. The van der Waals surface area contributed by atoms with Crippen molar-refractivity contribution in [1.29, 1.82) is 0 Å². The van der Waals surface area contributed by atoms with E-state index in [0.29, 0.717) is 17.4 Å². The minimum Gasteiger partial charge on any atom is -0.484 e. The average molecular weight is 455 g/mol. The SMILES string of the molecule is Cc1cc(OCC(=O)N2CCC(F)(F)CC2)cc(=O)n1[C@H](C)c1ccc(C#CC2CC2)cc1. The molecule has 33 heavy (non-hydrogen) atoms. The molecular formula is C26H28F2N2O3. The van der Waals surface area contributed by atoms with Crippen molar-refractivity contribution in [2.75, 3.05) is 19.7 Å². The van der Waals surface area contributed by atoms with Gasteiger partial charge in [-0.05, 0) is 50.5 Å². The van der Waals surface area contributed by atoms with Crippen LogP contribution < -0.4 is 10.3 Å². The van der Waals surface area contributed by atoms with Crippen LogP contribution in [0.1, 0.15) is 55.5 Å². The average Bonchev–Trinajstić information content (AvgIpc) is 3.60. The number of halogens is 2. The molecule has 174 valence electrons. The normalized spacial score (nSPS) is 18.2. The Morgan fingerprint density at radius 2 is 1.85 bits per heavy atom. The van der Waals surface area contributed by atoms with Crippen LogP contribution in [0.25, 0.3) is 0 Å². The molecular weight excluding hydrogens is 426 g/mol. The maximum absolute atomic E-state index is 13.3. The lowest BCUT2D eigenvalue weighted by Crippen LogP contribution is -2.44. The van der Waals surface area contributed by atoms with Gasteiger partial charge in [0, 0.05) is 49.2 Å². The molecule has 1 aliphatic heterocycles. The maximum Gasteiger partial charge on any atom is 0.260 e. The Bertz CT molecular complexity index is 1130. The summed E-state index contributed by atoms with van der Waals surface area (Å²) in [6.07, 6.45) is 1.71. The second kappa shape index (κ2) is 9.38. The van der Waals surface area contributed by atoms with Crippen molar-refractivity contribution in [2.24, 2.45) is 5.92 Å². The summed E-state index contributed by atoms with van der Waals surface area (Å²) in [5.74, 6) is 4.21. The molecule has 2 fully saturated rings. The number of amides is 1. The number of alkyl halides is 2. The van der Waals surface area contributed by atoms with Crippen molar-refractivity contribution >= 4 is 5.91 Å². The largest absolute Gasteiger partial charge is 0.484 e. The van der Waals surface area contributed by atoms with Crippen LogP contribution in [-0.4, -0.2) is 41.0 Å². The fraction of sp³-hybridized carbons (Fsp3) is 0.462. The number of likely N-dealkylation sites (tertiary alicyclic amines) is 1. The van der Waals surface area contributed by atoms with Gasteiger partial charge in [-0.25, -0.2) is 8.78 Å². The number of pyridine rings is 1. The third-order valence-electron chi connectivity index (χ3n) is 6.22. The minimum atomic E-state index is -2.71. The first kappa shape index (κ1) is 23.0. The summed E-state index contributed by atoms with van der Waals surface area (Å²) in [5.41, 5.74) is 2.42. The fourth-order valence-electron chi connectivity index (χ4n) is 3.99. The van der Waals surface area contributed by atoms with E-state index in [1.807, 2.05) is 38.1 Å². The van der Waals surface area contributed by atoms with Crippen LogP contribution in [0.15, 0.2) is 41.2 Å². The zero-order valence-corrected chi connectivity index (χ0v) is 18.9. The lowest BCUT2D eigenvalue weighted by atomic mass is 10.1. The minimum absolute atomic E-state index is 0.0122. The summed E-state index contributed by atoms with van der Waals surface area (Å²) in [4.78, 5) is 26.5. The number of hydrogen-bond donors (Lipinski definition) is 0. The Balaban J connectivity index is 1.40. The van der Waals surface area contributed by atoms with E-state index in [0.717, 1.165) is 11.1 Å². The molecule has 1 atom stereocenters. The monoisotopic (exact) mass is 454 g/mol. The molecule has 0 bridgehead atoms. The van der Waals surface area contributed by atoms with E-state index < -0.39 is 5.92 Å². The first-order valence-corrected chi connectivity index (χ1v) is 11.3. The molecule has 5 nitrogen and oxygen atoms in total. The predicted molar refractivity (Wildman–Crippen MR) is 122 cm³/mol. The Kier molecular flexibility index (Phi) is 6.55. The van der Waals surface area contributed by atoms with Crippen molar-refractivity contribution in [3.05, 3.63) is 63.6 Å². The standard InChI is InChI=1S/C26H28F2N2O3/c1-18-15-23(33-17-25(32)29-13-11-26(27,28)12-14-29)16-24(31)30(18)19(2)22-9-7-21(8-10-22)6-5-20-3-4-20/h7-10,15-16,19-20H,3-4,11-14,17H2,1-2H3/t19-/m1/s1. The summed E-state index contributed by atoms with van der Waals surface area (Å²) in [6, 6.07) is 10.8. The number of nitrogens with zero attached hydrogens (tertiary/aromatic N) is 2. The van der Waals surface area contributed by atoms with Crippen LogP contribution in [0.2, 0.25) is 0 Å². The molecule has 1 saturated heterocycles. The van der Waals surface area contributed by atoms with E-state index in [4.69, 9.17) is 4.74 Å². The Morgan fingerprint density at radius 3 is 2.45 bits per heavy atom. The summed E-state index contributed by atoms with van der Waals surface area (Å²) in [6.45, 7) is 3.51. The van der Waals surface area contributed by atoms with Gasteiger partial charge < -0.3 is 14.2 Å². The summed E-state index contributed by atoms with van der Waals surface area (Å²) < 4.78 is 33.8. The molecule has 0 radical (unpaired) electrons. The van der Waals surface area contributed by atoms with Crippen LogP contribution in [0.3, 0.4) is 0 Å². The van der Waals surface area contributed by atoms with Gasteiger partial charge >= 0.3 is 0 Å². The molecule has 2 aromatic rings. The zero-order chi connectivity index (χ0) is 23.6. The quantitative estimate of drug-likeness (QED) is 0.638. The topological polar surface area (TPSA) is 51.5 Å². The molecule has 0 unspecified atom stereocenters. The third-order valence-corrected chi connectivity index (χ3v) is 6.22. The predicted octanol–water partition coefficient (Wildman–Crippen LogP) is 4.16. The van der Waals surface area contributed by atoms with Gasteiger partial charge in [0.15, 0.2) is 6.61 Å². The highest BCUT2D eigenvalue weighted by atomic mass is 19.3. The lowest BCUT2D eigenvalue weighted by molar-refractivity contribution is -0.139. The molecule has 1 saturated carbocycles. The molecule has 0 N–H and O–H groups in total. The second-order valence-corrected chi connectivity index (χ2v) is 8.91. The number of piperidine rings is 1. The van der Waals surface area contributed by atoms with Gasteiger partial charge in [-0.3, -0.25) is 9.59 Å². The van der Waals surface area contributed by atoms with Crippen molar-refractivity contribution in [2.45, 2.75) is 51.5 Å². The number of benzene rings is 1. The van der Waals surface area contributed by atoms with Gasteiger partial charge in [0.25, 0.3) is 17.4 Å².